The van der Waals surface area contributed by atoms with E-state index >= 15 is 0 Å². The van der Waals surface area contributed by atoms with E-state index in [1.165, 1.54) is 17.8 Å². The molecule has 1 aromatic carbocycles. The van der Waals surface area contributed by atoms with Crippen LogP contribution in [0.5, 0.6) is 0 Å². The maximum Gasteiger partial charge on any atom is 0.246 e. The van der Waals surface area contributed by atoms with Crippen LogP contribution in [0, 0.1) is 0 Å². The molecule has 0 radical (unpaired) electrons. The molecule has 1 heterocycles. The van der Waals surface area contributed by atoms with Crippen molar-refractivity contribution in [3.63, 3.8) is 0 Å². The molecule has 0 aliphatic heterocycles. The van der Waals surface area contributed by atoms with Gasteiger partial charge in [-0.2, -0.15) is 0 Å². The summed E-state index contributed by atoms with van der Waals surface area (Å²) in [4.78, 5) is 24.8. The normalized spacial score (nSPS) is 10.1. The van der Waals surface area contributed by atoms with Crippen LogP contribution in [0.3, 0.4) is 0 Å². The number of carbonyl (C=O) groups is 2. The third-order valence-electron chi connectivity index (χ3n) is 2.82. The van der Waals surface area contributed by atoms with Crippen LogP contribution in [0.25, 0.3) is 0 Å². The van der Waals surface area contributed by atoms with Crippen molar-refractivity contribution >= 4 is 29.0 Å². The first-order valence-corrected chi connectivity index (χ1v) is 6.69. The van der Waals surface area contributed by atoms with Gasteiger partial charge >= 0.3 is 0 Å². The minimum Gasteiger partial charge on any atom is -0.378 e. The first-order chi connectivity index (χ1) is 10.4. The first kappa shape index (κ1) is 15.5. The highest BCUT2D eigenvalue weighted by atomic mass is 16.2. The summed E-state index contributed by atoms with van der Waals surface area (Å²) in [7, 11) is 3.90. The lowest BCUT2D eigenvalue weighted by Crippen LogP contribution is -2.19. The summed E-state index contributed by atoms with van der Waals surface area (Å²) in [6.45, 7) is 1.39. The quantitative estimate of drug-likeness (QED) is 0.857. The SMILES string of the molecule is CC(=O)Nc1cn(CC(=O)Nc2ccc(N(C)C)cc2)nn1. The standard InChI is InChI=1S/C14H18N6O2/c1-10(21)15-13-8-20(18-17-13)9-14(22)16-11-4-6-12(7-5-11)19(2)3/h4-8H,9H2,1-3H3,(H,15,21)(H,16,22). The highest BCUT2D eigenvalue weighted by Gasteiger charge is 2.07. The van der Waals surface area contributed by atoms with Crippen LogP contribution >= 0.6 is 0 Å². The molecular formula is C14H18N6O2. The zero-order chi connectivity index (χ0) is 16.1. The largest absolute Gasteiger partial charge is 0.378 e. The van der Waals surface area contributed by atoms with Crippen LogP contribution in [-0.4, -0.2) is 40.9 Å². The average molecular weight is 302 g/mol. The molecule has 2 rings (SSSR count). The van der Waals surface area contributed by atoms with Crippen molar-refractivity contribution in [2.45, 2.75) is 13.5 Å². The Balaban J connectivity index is 1.92. The number of nitrogens with zero attached hydrogens (tertiary/aromatic N) is 4. The Labute approximate surface area is 128 Å². The second-order valence-electron chi connectivity index (χ2n) is 4.97. The summed E-state index contributed by atoms with van der Waals surface area (Å²) in [5.74, 6) is -0.148. The third-order valence-corrected chi connectivity index (χ3v) is 2.82. The van der Waals surface area contributed by atoms with E-state index in [1.807, 2.05) is 43.3 Å². The monoisotopic (exact) mass is 302 g/mol. The topological polar surface area (TPSA) is 92.2 Å². The smallest absolute Gasteiger partial charge is 0.246 e. The number of rotatable bonds is 5. The fourth-order valence-electron chi connectivity index (χ4n) is 1.80. The minimum absolute atomic E-state index is 0.0159. The van der Waals surface area contributed by atoms with Gasteiger partial charge in [-0.25, -0.2) is 4.68 Å². The second-order valence-corrected chi connectivity index (χ2v) is 4.97. The Bertz CT molecular complexity index is 662. The zero-order valence-corrected chi connectivity index (χ0v) is 12.7. The van der Waals surface area contributed by atoms with E-state index in [0.717, 1.165) is 5.69 Å². The predicted molar refractivity (Wildman–Crippen MR) is 83.7 cm³/mol. The lowest BCUT2D eigenvalue weighted by Gasteiger charge is -2.13. The fraction of sp³-hybridized carbons (Fsp3) is 0.286. The third kappa shape index (κ3) is 4.30. The molecule has 22 heavy (non-hydrogen) atoms. The van der Waals surface area contributed by atoms with E-state index < -0.39 is 0 Å². The number of carbonyl (C=O) groups excluding carboxylic acids is 2. The number of anilines is 3. The van der Waals surface area contributed by atoms with Crippen LogP contribution in [0.15, 0.2) is 30.5 Å². The molecule has 2 amide bonds. The van der Waals surface area contributed by atoms with Gasteiger partial charge in [0.15, 0.2) is 5.82 Å². The molecule has 0 saturated heterocycles. The van der Waals surface area contributed by atoms with E-state index in [2.05, 4.69) is 20.9 Å². The van der Waals surface area contributed by atoms with Gasteiger partial charge in [0.2, 0.25) is 11.8 Å². The summed E-state index contributed by atoms with van der Waals surface area (Å²) in [6.07, 6.45) is 1.50. The summed E-state index contributed by atoms with van der Waals surface area (Å²) in [5.41, 5.74) is 1.76. The minimum atomic E-state index is -0.238. The highest BCUT2D eigenvalue weighted by Crippen LogP contribution is 2.15. The van der Waals surface area contributed by atoms with Crippen molar-refractivity contribution in [3.05, 3.63) is 30.5 Å². The van der Waals surface area contributed by atoms with E-state index in [4.69, 9.17) is 0 Å². The van der Waals surface area contributed by atoms with Crippen LogP contribution in [-0.2, 0) is 16.1 Å². The summed E-state index contributed by atoms with van der Waals surface area (Å²) < 4.78 is 1.36. The molecule has 0 aliphatic rings. The van der Waals surface area contributed by atoms with Crippen LogP contribution in [0.4, 0.5) is 17.2 Å². The molecule has 2 aromatic rings. The van der Waals surface area contributed by atoms with Gasteiger partial charge in [-0.3, -0.25) is 9.59 Å². The summed E-state index contributed by atoms with van der Waals surface area (Å²) in [6, 6.07) is 7.49. The van der Waals surface area contributed by atoms with Crippen molar-refractivity contribution in [3.8, 4) is 0 Å². The van der Waals surface area contributed by atoms with Gasteiger partial charge in [-0.05, 0) is 24.3 Å². The van der Waals surface area contributed by atoms with Gasteiger partial charge in [-0.1, -0.05) is 5.21 Å². The molecule has 0 atom stereocenters. The number of hydrogen-bond acceptors (Lipinski definition) is 5. The Morgan fingerprint density at radius 3 is 2.45 bits per heavy atom. The van der Waals surface area contributed by atoms with Crippen molar-refractivity contribution < 1.29 is 9.59 Å². The molecule has 0 aliphatic carbocycles. The van der Waals surface area contributed by atoms with Crippen molar-refractivity contribution in [1.82, 2.24) is 15.0 Å². The maximum absolute atomic E-state index is 11.9. The highest BCUT2D eigenvalue weighted by molar-refractivity contribution is 5.91. The van der Waals surface area contributed by atoms with Crippen molar-refractivity contribution in [2.24, 2.45) is 0 Å². The van der Waals surface area contributed by atoms with Gasteiger partial charge < -0.3 is 15.5 Å². The van der Waals surface area contributed by atoms with Gasteiger partial charge in [0.1, 0.15) is 6.54 Å². The predicted octanol–water partition coefficient (Wildman–Crippen LogP) is 0.941. The summed E-state index contributed by atoms with van der Waals surface area (Å²) >= 11 is 0. The number of amides is 2. The van der Waals surface area contributed by atoms with Gasteiger partial charge in [-0.15, -0.1) is 5.10 Å². The van der Waals surface area contributed by atoms with Gasteiger partial charge in [0.05, 0.1) is 6.20 Å². The molecule has 0 spiro atoms. The molecular weight excluding hydrogens is 284 g/mol. The van der Waals surface area contributed by atoms with Gasteiger partial charge in [0.25, 0.3) is 0 Å². The van der Waals surface area contributed by atoms with E-state index in [-0.39, 0.29) is 18.4 Å². The Hall–Kier alpha value is -2.90. The lowest BCUT2D eigenvalue weighted by molar-refractivity contribution is -0.117. The number of benzene rings is 1. The number of nitrogens with one attached hydrogen (secondary N) is 2. The van der Waals surface area contributed by atoms with Crippen LogP contribution in [0.1, 0.15) is 6.92 Å². The molecule has 0 bridgehead atoms. The molecule has 0 fully saturated rings. The van der Waals surface area contributed by atoms with Crippen molar-refractivity contribution in [2.75, 3.05) is 29.6 Å². The molecule has 8 heteroatoms. The zero-order valence-electron chi connectivity index (χ0n) is 12.7. The first-order valence-electron chi connectivity index (χ1n) is 6.69. The Morgan fingerprint density at radius 1 is 1.18 bits per heavy atom. The van der Waals surface area contributed by atoms with Crippen LogP contribution in [0.2, 0.25) is 0 Å². The Morgan fingerprint density at radius 2 is 1.86 bits per heavy atom. The number of aromatic nitrogens is 3. The van der Waals surface area contributed by atoms with Crippen LogP contribution < -0.4 is 15.5 Å². The molecule has 8 nitrogen and oxygen atoms in total. The second kappa shape index (κ2) is 6.70. The molecule has 2 N–H and O–H groups in total. The molecule has 0 unspecified atom stereocenters. The van der Waals surface area contributed by atoms with Crippen molar-refractivity contribution in [1.29, 1.82) is 0 Å². The van der Waals surface area contributed by atoms with E-state index in [9.17, 15) is 9.59 Å². The lowest BCUT2D eigenvalue weighted by atomic mass is 10.2. The fourth-order valence-corrected chi connectivity index (χ4v) is 1.80. The summed E-state index contributed by atoms with van der Waals surface area (Å²) in [5, 5.41) is 12.8. The van der Waals surface area contributed by atoms with E-state index in [0.29, 0.717) is 11.5 Å². The Kier molecular flexibility index (Phi) is 4.72. The maximum atomic E-state index is 11.9. The molecule has 0 saturated carbocycles. The average Bonchev–Trinajstić information content (AvgIpc) is 2.85. The molecule has 1 aromatic heterocycles. The molecule has 116 valence electrons. The van der Waals surface area contributed by atoms with E-state index in [1.54, 1.807) is 0 Å². The number of hydrogen-bond donors (Lipinski definition) is 2. The van der Waals surface area contributed by atoms with Gasteiger partial charge in [0, 0.05) is 32.4 Å².